The van der Waals surface area contributed by atoms with Gasteiger partial charge in [0.05, 0.1) is 12.7 Å². The third-order valence-corrected chi connectivity index (χ3v) is 11.3. The highest BCUT2D eigenvalue weighted by Crippen LogP contribution is 2.67. The van der Waals surface area contributed by atoms with Gasteiger partial charge in [-0.2, -0.15) is 0 Å². The molecule has 0 aromatic heterocycles. The number of amides is 1. The molecule has 13 nitrogen and oxygen atoms in total. The van der Waals surface area contributed by atoms with Gasteiger partial charge >= 0.3 is 5.97 Å². The van der Waals surface area contributed by atoms with Gasteiger partial charge in [0, 0.05) is 35.8 Å². The van der Waals surface area contributed by atoms with Crippen molar-refractivity contribution in [3.05, 3.63) is 33.9 Å². The van der Waals surface area contributed by atoms with Gasteiger partial charge in [0.1, 0.15) is 11.6 Å². The van der Waals surface area contributed by atoms with Crippen molar-refractivity contribution in [3.63, 3.8) is 0 Å². The molecule has 0 heterocycles. The second-order valence-electron chi connectivity index (χ2n) is 12.7. The number of ketones is 2. The number of esters is 1. The average molecular weight is 637 g/mol. The molecule has 3 N–H and O–H groups in total. The summed E-state index contributed by atoms with van der Waals surface area (Å²) >= 11 is 0.736. The highest BCUT2D eigenvalue weighted by Gasteiger charge is 2.68. The topological polar surface area (TPSA) is 199 Å². The number of thioether (sulfide) groups is 1. The summed E-state index contributed by atoms with van der Waals surface area (Å²) in [5.41, 5.74) is -2.30. The van der Waals surface area contributed by atoms with E-state index in [0.29, 0.717) is 12.8 Å². The number of aliphatic hydroxyl groups is 2. The number of hydrogen-bond donors (Lipinski definition) is 3. The fourth-order valence-corrected chi connectivity index (χ4v) is 9.02. The van der Waals surface area contributed by atoms with Crippen LogP contribution in [0.4, 0.5) is 0 Å². The van der Waals surface area contributed by atoms with Gasteiger partial charge in [-0.15, -0.1) is 10.1 Å². The van der Waals surface area contributed by atoms with Crippen molar-refractivity contribution in [1.29, 1.82) is 0 Å². The van der Waals surface area contributed by atoms with E-state index in [4.69, 9.17) is 4.74 Å². The van der Waals surface area contributed by atoms with Gasteiger partial charge in [0.25, 0.3) is 5.09 Å². The van der Waals surface area contributed by atoms with E-state index in [1.54, 1.807) is 12.2 Å². The maximum atomic E-state index is 13.6. The van der Waals surface area contributed by atoms with Crippen LogP contribution >= 0.6 is 11.8 Å². The predicted molar refractivity (Wildman–Crippen MR) is 156 cm³/mol. The summed E-state index contributed by atoms with van der Waals surface area (Å²) in [4.78, 5) is 76.7. The van der Waals surface area contributed by atoms with Crippen LogP contribution < -0.4 is 5.32 Å². The van der Waals surface area contributed by atoms with Gasteiger partial charge in [-0.25, -0.2) is 4.79 Å². The SMILES string of the molecule is CC(=O)NC(CSC(=O)CCCO[N+](=O)[O-])C(=O)OCC(=O)[C@@]1(O)CC[C@H]2[C@@H]3CCC4=CC(=O)C=C[C@]4(C)[C@H]3[C@@H](O)C[C@@]21C. The molecule has 4 rings (SSSR count). The van der Waals surface area contributed by atoms with Crippen LogP contribution in [-0.4, -0.2) is 80.6 Å². The molecule has 8 atom stereocenters. The largest absolute Gasteiger partial charge is 0.456 e. The molecular weight excluding hydrogens is 596 g/mol. The highest BCUT2D eigenvalue weighted by molar-refractivity contribution is 8.13. The maximum absolute atomic E-state index is 13.6. The fraction of sp³-hybridized carbons (Fsp3) is 0.700. The third kappa shape index (κ3) is 6.47. The fourth-order valence-electron chi connectivity index (χ4n) is 8.16. The molecule has 242 valence electrons. The zero-order valence-corrected chi connectivity index (χ0v) is 25.9. The van der Waals surface area contributed by atoms with E-state index in [1.165, 1.54) is 6.92 Å². The number of nitrogens with one attached hydrogen (secondary N) is 1. The summed E-state index contributed by atoms with van der Waals surface area (Å²) in [5.74, 6) is -2.67. The van der Waals surface area contributed by atoms with Gasteiger partial charge in [-0.3, -0.25) is 19.2 Å². The summed E-state index contributed by atoms with van der Waals surface area (Å²) in [5, 5.41) is 34.7. The number of carbonyl (C=O) groups is 5. The van der Waals surface area contributed by atoms with E-state index < -0.39 is 57.9 Å². The number of nitrogens with zero attached hydrogens (tertiary/aromatic N) is 1. The van der Waals surface area contributed by atoms with Crippen molar-refractivity contribution < 1.29 is 48.8 Å². The number of Topliss-reactive ketones (excluding diaryl/α,β-unsaturated/α-hetero) is 1. The Morgan fingerprint density at radius 1 is 1.25 bits per heavy atom. The van der Waals surface area contributed by atoms with Crippen LogP contribution in [0.5, 0.6) is 0 Å². The van der Waals surface area contributed by atoms with Crippen LogP contribution in [0.15, 0.2) is 23.8 Å². The van der Waals surface area contributed by atoms with Crippen molar-refractivity contribution in [2.75, 3.05) is 19.0 Å². The molecule has 4 aliphatic carbocycles. The summed E-state index contributed by atoms with van der Waals surface area (Å²) < 4.78 is 5.26. The Bertz CT molecular complexity index is 1280. The van der Waals surface area contributed by atoms with Crippen LogP contribution in [0.25, 0.3) is 0 Å². The monoisotopic (exact) mass is 636 g/mol. The Hall–Kier alpha value is -3.10. The first kappa shape index (κ1) is 33.8. The smallest absolute Gasteiger partial charge is 0.329 e. The van der Waals surface area contributed by atoms with E-state index in [9.17, 15) is 44.3 Å². The summed E-state index contributed by atoms with van der Waals surface area (Å²) in [6.07, 6.45) is 6.59. The Balaban J connectivity index is 1.39. The molecule has 0 radical (unpaired) electrons. The van der Waals surface area contributed by atoms with Crippen molar-refractivity contribution in [3.8, 4) is 0 Å². The third-order valence-electron chi connectivity index (χ3n) is 10.2. The van der Waals surface area contributed by atoms with Gasteiger partial charge in [0.2, 0.25) is 11.7 Å². The average Bonchev–Trinajstić information content (AvgIpc) is 3.22. The van der Waals surface area contributed by atoms with Crippen molar-refractivity contribution in [2.24, 2.45) is 28.6 Å². The first-order valence-electron chi connectivity index (χ1n) is 14.9. The number of rotatable bonds is 12. The molecular formula is C30H40N2O11S. The molecule has 3 fully saturated rings. The molecule has 1 amide bonds. The number of aliphatic hydroxyl groups excluding tert-OH is 1. The number of allylic oxidation sites excluding steroid dienone is 4. The van der Waals surface area contributed by atoms with E-state index in [1.807, 2.05) is 19.9 Å². The van der Waals surface area contributed by atoms with Crippen molar-refractivity contribution in [1.82, 2.24) is 5.32 Å². The molecule has 0 aromatic rings. The molecule has 4 aliphatic rings. The van der Waals surface area contributed by atoms with Gasteiger partial charge in [-0.05, 0) is 62.5 Å². The lowest BCUT2D eigenvalue weighted by Gasteiger charge is -2.59. The Labute approximate surface area is 259 Å². The zero-order valence-electron chi connectivity index (χ0n) is 25.1. The number of fused-ring (bicyclic) bond motifs is 5. The normalized spacial score (nSPS) is 34.5. The summed E-state index contributed by atoms with van der Waals surface area (Å²) in [6.45, 7) is 4.04. The Morgan fingerprint density at radius 2 is 1.98 bits per heavy atom. The minimum atomic E-state index is -1.85. The van der Waals surface area contributed by atoms with E-state index in [2.05, 4.69) is 10.2 Å². The van der Waals surface area contributed by atoms with Gasteiger partial charge < -0.3 is 25.1 Å². The molecule has 3 saturated carbocycles. The first-order chi connectivity index (χ1) is 20.6. The highest BCUT2D eigenvalue weighted by atomic mass is 32.2. The van der Waals surface area contributed by atoms with Crippen LogP contribution in [0.3, 0.4) is 0 Å². The van der Waals surface area contributed by atoms with E-state index in [-0.39, 0.29) is 66.7 Å². The van der Waals surface area contributed by atoms with Crippen molar-refractivity contribution >= 4 is 40.3 Å². The summed E-state index contributed by atoms with van der Waals surface area (Å²) in [6, 6.07) is -1.25. The van der Waals surface area contributed by atoms with E-state index >= 15 is 0 Å². The van der Waals surface area contributed by atoms with Crippen molar-refractivity contribution in [2.45, 2.75) is 83.5 Å². The number of hydrogen-bond acceptors (Lipinski definition) is 12. The van der Waals surface area contributed by atoms with Crippen LogP contribution in [0, 0.1) is 38.7 Å². The Kier molecular flexibility index (Phi) is 10.1. The number of carbonyl (C=O) groups excluding carboxylic acids is 5. The van der Waals surface area contributed by atoms with Gasteiger partial charge in [-0.1, -0.05) is 37.3 Å². The molecule has 14 heteroatoms. The zero-order chi connectivity index (χ0) is 32.4. The first-order valence-corrected chi connectivity index (χ1v) is 15.9. The molecule has 0 bridgehead atoms. The molecule has 0 saturated heterocycles. The predicted octanol–water partition coefficient (Wildman–Crippen LogP) is 1.86. The minimum absolute atomic E-state index is 0.0120. The van der Waals surface area contributed by atoms with Crippen LogP contribution in [-0.2, 0) is 33.5 Å². The standard InChI is InChI=1S/C30H40N2O11S/c1-17(33)31-22(16-44-25(37)5-4-12-43-32(40)41)27(38)42-15-24(36)30(39)11-9-21-20-7-6-18-13-19(34)8-10-28(18,2)26(20)23(35)14-29(21,30)3/h8,10,13,20-23,26,35,39H,4-7,9,11-12,14-16H2,1-3H3,(H,31,33)/t20-,21-,22?,23-,26+,28-,29-,30-/m0/s1. The van der Waals surface area contributed by atoms with Crippen LogP contribution in [0.1, 0.15) is 65.7 Å². The lowest BCUT2D eigenvalue weighted by atomic mass is 9.46. The molecule has 0 spiro atoms. The lowest BCUT2D eigenvalue weighted by molar-refractivity contribution is -0.757. The maximum Gasteiger partial charge on any atom is 0.329 e. The second kappa shape index (κ2) is 13.1. The minimum Gasteiger partial charge on any atom is -0.456 e. The molecule has 1 unspecified atom stereocenters. The van der Waals surface area contributed by atoms with Gasteiger partial charge in [0.15, 0.2) is 17.5 Å². The van der Waals surface area contributed by atoms with Crippen LogP contribution in [0.2, 0.25) is 0 Å². The Morgan fingerprint density at radius 3 is 2.66 bits per heavy atom. The number of ether oxygens (including phenoxy) is 1. The van der Waals surface area contributed by atoms with E-state index in [0.717, 1.165) is 23.8 Å². The molecule has 44 heavy (non-hydrogen) atoms. The summed E-state index contributed by atoms with van der Waals surface area (Å²) in [7, 11) is 0. The molecule has 0 aromatic carbocycles. The lowest BCUT2D eigenvalue weighted by Crippen LogP contribution is -2.61. The molecule has 0 aliphatic heterocycles. The second-order valence-corrected chi connectivity index (χ2v) is 13.8. The quantitative estimate of drug-likeness (QED) is 0.122.